The van der Waals surface area contributed by atoms with Gasteiger partial charge in [-0.05, 0) is 32.1 Å². The summed E-state index contributed by atoms with van der Waals surface area (Å²) in [7, 11) is 0. The van der Waals surface area contributed by atoms with Crippen LogP contribution in [0.25, 0.3) is 0 Å². The van der Waals surface area contributed by atoms with Crippen LogP contribution in [0.15, 0.2) is 12.7 Å². The molecule has 1 rings (SSSR count). The number of nitrogens with zero attached hydrogens (tertiary/aromatic N) is 1. The molecule has 0 aromatic rings. The number of morpholine rings is 1. The standard InChI is InChI=1S/C14H27NO/c1-6-11(2)7-12(3)8-15-9-13(4)16-14(5)10-15/h6,11-14H,1,7-10H2,2-5H3. The van der Waals surface area contributed by atoms with E-state index in [1.165, 1.54) is 13.0 Å². The molecule has 0 aromatic carbocycles. The first kappa shape index (κ1) is 13.7. The van der Waals surface area contributed by atoms with Crippen LogP contribution in [0, 0.1) is 11.8 Å². The Morgan fingerprint density at radius 2 is 1.88 bits per heavy atom. The van der Waals surface area contributed by atoms with Gasteiger partial charge in [-0.2, -0.15) is 0 Å². The third-order valence-corrected chi connectivity index (χ3v) is 3.24. The Labute approximate surface area is 101 Å². The number of rotatable bonds is 5. The Bertz CT molecular complexity index is 207. The molecule has 0 saturated carbocycles. The molecular weight excluding hydrogens is 198 g/mol. The van der Waals surface area contributed by atoms with Crippen LogP contribution in [0.4, 0.5) is 0 Å². The lowest BCUT2D eigenvalue weighted by molar-refractivity contribution is -0.0713. The van der Waals surface area contributed by atoms with E-state index in [4.69, 9.17) is 4.74 Å². The Kier molecular flexibility index (Phi) is 5.50. The molecule has 1 saturated heterocycles. The monoisotopic (exact) mass is 225 g/mol. The van der Waals surface area contributed by atoms with E-state index in [1.807, 2.05) is 0 Å². The van der Waals surface area contributed by atoms with Crippen LogP contribution < -0.4 is 0 Å². The van der Waals surface area contributed by atoms with Crippen LogP contribution in [-0.4, -0.2) is 36.7 Å². The maximum atomic E-state index is 5.74. The summed E-state index contributed by atoms with van der Waals surface area (Å²) in [5.41, 5.74) is 0. The van der Waals surface area contributed by atoms with Gasteiger partial charge in [0.15, 0.2) is 0 Å². The van der Waals surface area contributed by atoms with E-state index < -0.39 is 0 Å². The molecule has 0 N–H and O–H groups in total. The molecule has 0 radical (unpaired) electrons. The fraction of sp³-hybridized carbons (Fsp3) is 0.857. The zero-order valence-corrected chi connectivity index (χ0v) is 11.3. The average Bonchev–Trinajstić information content (AvgIpc) is 2.15. The molecule has 0 spiro atoms. The molecule has 2 nitrogen and oxygen atoms in total. The van der Waals surface area contributed by atoms with Gasteiger partial charge in [-0.3, -0.25) is 4.90 Å². The van der Waals surface area contributed by atoms with Gasteiger partial charge in [0.05, 0.1) is 12.2 Å². The van der Waals surface area contributed by atoms with Crippen LogP contribution in [0.2, 0.25) is 0 Å². The molecule has 16 heavy (non-hydrogen) atoms. The molecule has 1 fully saturated rings. The molecule has 1 heterocycles. The van der Waals surface area contributed by atoms with E-state index in [2.05, 4.69) is 45.2 Å². The number of allylic oxidation sites excluding steroid dienone is 1. The van der Waals surface area contributed by atoms with Crippen LogP contribution in [0.5, 0.6) is 0 Å². The van der Waals surface area contributed by atoms with E-state index in [0.717, 1.165) is 19.0 Å². The first-order chi connectivity index (χ1) is 7.51. The summed E-state index contributed by atoms with van der Waals surface area (Å²) < 4.78 is 5.74. The van der Waals surface area contributed by atoms with Crippen molar-refractivity contribution in [1.82, 2.24) is 4.90 Å². The number of hydrogen-bond donors (Lipinski definition) is 0. The summed E-state index contributed by atoms with van der Waals surface area (Å²) in [5.74, 6) is 1.37. The molecule has 0 amide bonds. The highest BCUT2D eigenvalue weighted by atomic mass is 16.5. The van der Waals surface area contributed by atoms with Gasteiger partial charge in [0.1, 0.15) is 0 Å². The van der Waals surface area contributed by atoms with Crippen molar-refractivity contribution in [2.75, 3.05) is 19.6 Å². The Morgan fingerprint density at radius 1 is 1.31 bits per heavy atom. The van der Waals surface area contributed by atoms with Crippen molar-refractivity contribution in [3.63, 3.8) is 0 Å². The molecule has 4 atom stereocenters. The number of ether oxygens (including phenoxy) is 1. The minimum Gasteiger partial charge on any atom is -0.373 e. The van der Waals surface area contributed by atoms with Crippen molar-refractivity contribution in [1.29, 1.82) is 0 Å². The lowest BCUT2D eigenvalue weighted by Gasteiger charge is -2.36. The highest BCUT2D eigenvalue weighted by Gasteiger charge is 2.23. The summed E-state index contributed by atoms with van der Waals surface area (Å²) in [4.78, 5) is 2.54. The van der Waals surface area contributed by atoms with E-state index in [-0.39, 0.29) is 0 Å². The molecular formula is C14H27NO. The van der Waals surface area contributed by atoms with Gasteiger partial charge in [-0.15, -0.1) is 6.58 Å². The zero-order chi connectivity index (χ0) is 12.1. The molecule has 2 heteroatoms. The maximum absolute atomic E-state index is 5.74. The lowest BCUT2D eigenvalue weighted by atomic mass is 9.96. The minimum absolute atomic E-state index is 0.382. The third kappa shape index (κ3) is 4.67. The predicted molar refractivity (Wildman–Crippen MR) is 69.6 cm³/mol. The zero-order valence-electron chi connectivity index (χ0n) is 11.3. The molecule has 0 bridgehead atoms. The first-order valence-electron chi connectivity index (χ1n) is 6.51. The summed E-state index contributed by atoms with van der Waals surface area (Å²) in [6, 6.07) is 0. The highest BCUT2D eigenvalue weighted by Crippen LogP contribution is 2.17. The van der Waals surface area contributed by atoms with Crippen LogP contribution in [0.1, 0.15) is 34.1 Å². The smallest absolute Gasteiger partial charge is 0.0678 e. The second-order valence-electron chi connectivity index (χ2n) is 5.53. The lowest BCUT2D eigenvalue weighted by Crippen LogP contribution is -2.46. The van der Waals surface area contributed by atoms with Crippen molar-refractivity contribution < 1.29 is 4.74 Å². The quantitative estimate of drug-likeness (QED) is 0.667. The predicted octanol–water partition coefficient (Wildman–Crippen LogP) is 2.94. The van der Waals surface area contributed by atoms with Gasteiger partial charge < -0.3 is 4.74 Å². The topological polar surface area (TPSA) is 12.5 Å². The van der Waals surface area contributed by atoms with Gasteiger partial charge in [0, 0.05) is 19.6 Å². The molecule has 94 valence electrons. The fourth-order valence-electron chi connectivity index (χ4n) is 2.68. The van der Waals surface area contributed by atoms with Crippen LogP contribution in [-0.2, 0) is 4.74 Å². The Morgan fingerprint density at radius 3 is 2.38 bits per heavy atom. The SMILES string of the molecule is C=CC(C)CC(C)CN1CC(C)OC(C)C1. The maximum Gasteiger partial charge on any atom is 0.0678 e. The van der Waals surface area contributed by atoms with Crippen molar-refractivity contribution >= 4 is 0 Å². The van der Waals surface area contributed by atoms with Crippen molar-refractivity contribution in [2.45, 2.75) is 46.3 Å². The minimum atomic E-state index is 0.382. The van der Waals surface area contributed by atoms with E-state index in [9.17, 15) is 0 Å². The van der Waals surface area contributed by atoms with Crippen LogP contribution >= 0.6 is 0 Å². The van der Waals surface area contributed by atoms with Gasteiger partial charge in [-0.1, -0.05) is 19.9 Å². The van der Waals surface area contributed by atoms with Gasteiger partial charge >= 0.3 is 0 Å². The molecule has 1 aliphatic heterocycles. The molecule has 0 aromatic heterocycles. The average molecular weight is 225 g/mol. The highest BCUT2D eigenvalue weighted by molar-refractivity contribution is 4.79. The molecule has 0 aliphatic carbocycles. The fourth-order valence-corrected chi connectivity index (χ4v) is 2.68. The van der Waals surface area contributed by atoms with E-state index in [1.54, 1.807) is 0 Å². The Balaban J connectivity index is 2.32. The second-order valence-corrected chi connectivity index (χ2v) is 5.53. The van der Waals surface area contributed by atoms with Crippen molar-refractivity contribution in [3.05, 3.63) is 12.7 Å². The van der Waals surface area contributed by atoms with Gasteiger partial charge in [-0.25, -0.2) is 0 Å². The molecule has 1 aliphatic rings. The van der Waals surface area contributed by atoms with Crippen LogP contribution in [0.3, 0.4) is 0 Å². The normalized spacial score (nSPS) is 31.0. The van der Waals surface area contributed by atoms with Crippen molar-refractivity contribution in [3.8, 4) is 0 Å². The summed E-state index contributed by atoms with van der Waals surface area (Å²) in [5, 5.41) is 0. The number of hydrogen-bond acceptors (Lipinski definition) is 2. The second kappa shape index (κ2) is 6.41. The summed E-state index contributed by atoms with van der Waals surface area (Å²) in [6.07, 6.45) is 4.06. The largest absolute Gasteiger partial charge is 0.373 e. The third-order valence-electron chi connectivity index (χ3n) is 3.24. The first-order valence-corrected chi connectivity index (χ1v) is 6.51. The van der Waals surface area contributed by atoms with Crippen molar-refractivity contribution in [2.24, 2.45) is 11.8 Å². The van der Waals surface area contributed by atoms with Gasteiger partial charge in [0.2, 0.25) is 0 Å². The summed E-state index contributed by atoms with van der Waals surface area (Å²) >= 11 is 0. The van der Waals surface area contributed by atoms with E-state index >= 15 is 0 Å². The summed E-state index contributed by atoms with van der Waals surface area (Å²) in [6.45, 7) is 16.1. The van der Waals surface area contributed by atoms with Gasteiger partial charge in [0.25, 0.3) is 0 Å². The Hall–Kier alpha value is -0.340. The molecule has 4 unspecified atom stereocenters. The van der Waals surface area contributed by atoms with E-state index in [0.29, 0.717) is 18.1 Å².